The second-order valence-electron chi connectivity index (χ2n) is 4.56. The molecule has 4 nitrogen and oxygen atoms in total. The van der Waals surface area contributed by atoms with E-state index in [1.807, 2.05) is 0 Å². The number of Topliss-reactive ketones (excluding diaryl/α,β-unsaturated/α-hetero) is 1. The van der Waals surface area contributed by atoms with E-state index in [-0.39, 0.29) is 11.1 Å². The van der Waals surface area contributed by atoms with Crippen molar-refractivity contribution in [3.05, 3.63) is 53.8 Å². The van der Waals surface area contributed by atoms with Crippen LogP contribution in [0.2, 0.25) is 0 Å². The number of carbonyl (C=O) groups is 2. The van der Waals surface area contributed by atoms with Crippen molar-refractivity contribution in [1.29, 1.82) is 0 Å². The maximum Gasteiger partial charge on any atom is 0.573 e. The zero-order valence-corrected chi connectivity index (χ0v) is 12.2. The molecule has 0 amide bonds. The lowest BCUT2D eigenvalue weighted by molar-refractivity contribution is -0.274. The van der Waals surface area contributed by atoms with Crippen LogP contribution in [0, 0.1) is 5.82 Å². The zero-order valence-electron chi connectivity index (χ0n) is 12.2. The average molecular weight is 342 g/mol. The molecule has 0 bridgehead atoms. The number of ketones is 1. The van der Waals surface area contributed by atoms with Gasteiger partial charge in [-0.2, -0.15) is 0 Å². The Morgan fingerprint density at radius 1 is 1.04 bits per heavy atom. The molecule has 0 aliphatic rings. The van der Waals surface area contributed by atoms with Gasteiger partial charge in [-0.25, -0.2) is 9.18 Å². The fourth-order valence-corrected chi connectivity index (χ4v) is 2.02. The minimum atomic E-state index is -5.01. The number of methoxy groups -OCH3 is 1. The first-order chi connectivity index (χ1) is 11.2. The van der Waals surface area contributed by atoms with Crippen LogP contribution in [0.25, 0.3) is 11.1 Å². The number of halogens is 4. The van der Waals surface area contributed by atoms with E-state index in [2.05, 4.69) is 9.47 Å². The fraction of sp³-hybridized carbons (Fsp3) is 0.125. The average Bonchev–Trinajstić information content (AvgIpc) is 2.52. The van der Waals surface area contributed by atoms with Gasteiger partial charge < -0.3 is 9.47 Å². The molecule has 2 aromatic rings. The van der Waals surface area contributed by atoms with Crippen molar-refractivity contribution < 1.29 is 36.6 Å². The van der Waals surface area contributed by atoms with Crippen molar-refractivity contribution in [1.82, 2.24) is 0 Å². The molecule has 0 atom stereocenters. The quantitative estimate of drug-likeness (QED) is 0.368. The van der Waals surface area contributed by atoms with E-state index in [9.17, 15) is 27.2 Å². The largest absolute Gasteiger partial charge is 0.573 e. The van der Waals surface area contributed by atoms with Crippen LogP contribution in [0.4, 0.5) is 17.6 Å². The molecule has 0 unspecified atom stereocenters. The standard InChI is InChI=1S/C16H10F4O4/c1-23-15(22)14(21)10-5-2-4-9(8-10)13-11(17)6-3-7-12(13)24-16(18,19)20/h2-8H,1H3. The molecule has 0 fully saturated rings. The molecule has 0 spiro atoms. The third kappa shape index (κ3) is 3.89. The smallest absolute Gasteiger partial charge is 0.463 e. The Kier molecular flexibility index (Phi) is 4.87. The Labute approximate surface area is 133 Å². The lowest BCUT2D eigenvalue weighted by atomic mass is 10.00. The summed E-state index contributed by atoms with van der Waals surface area (Å²) in [6, 6.07) is 7.89. The van der Waals surface area contributed by atoms with Gasteiger partial charge in [0.1, 0.15) is 11.6 Å². The lowest BCUT2D eigenvalue weighted by Crippen LogP contribution is -2.18. The molecular weight excluding hydrogens is 332 g/mol. The number of rotatable bonds is 4. The van der Waals surface area contributed by atoms with E-state index in [0.29, 0.717) is 0 Å². The summed E-state index contributed by atoms with van der Waals surface area (Å²) >= 11 is 0. The number of ether oxygens (including phenoxy) is 2. The van der Waals surface area contributed by atoms with Gasteiger partial charge in [-0.15, -0.1) is 13.2 Å². The first kappa shape index (κ1) is 17.5. The molecule has 126 valence electrons. The van der Waals surface area contributed by atoms with Crippen molar-refractivity contribution in [2.45, 2.75) is 6.36 Å². The lowest BCUT2D eigenvalue weighted by Gasteiger charge is -2.14. The third-order valence-corrected chi connectivity index (χ3v) is 2.99. The minimum absolute atomic E-state index is 0.0536. The monoisotopic (exact) mass is 342 g/mol. The molecule has 0 saturated carbocycles. The van der Waals surface area contributed by atoms with Crippen LogP contribution in [-0.4, -0.2) is 25.2 Å². The summed E-state index contributed by atoms with van der Waals surface area (Å²) < 4.78 is 59.6. The number of hydrogen-bond acceptors (Lipinski definition) is 4. The summed E-state index contributed by atoms with van der Waals surface area (Å²) in [5.41, 5.74) is -0.683. The van der Waals surface area contributed by atoms with E-state index in [1.54, 1.807) is 0 Å². The number of benzene rings is 2. The second kappa shape index (κ2) is 6.69. The van der Waals surface area contributed by atoms with Crippen LogP contribution in [0.1, 0.15) is 10.4 Å². The molecule has 0 N–H and O–H groups in total. The highest BCUT2D eigenvalue weighted by molar-refractivity contribution is 6.40. The van der Waals surface area contributed by atoms with Gasteiger partial charge in [0.25, 0.3) is 5.78 Å². The molecule has 0 aromatic heterocycles. The Hall–Kier alpha value is -2.90. The topological polar surface area (TPSA) is 52.6 Å². The van der Waals surface area contributed by atoms with Crippen molar-refractivity contribution in [2.24, 2.45) is 0 Å². The van der Waals surface area contributed by atoms with Crippen LogP contribution in [0.15, 0.2) is 42.5 Å². The van der Waals surface area contributed by atoms with E-state index in [1.165, 1.54) is 18.2 Å². The molecule has 8 heteroatoms. The first-order valence-electron chi connectivity index (χ1n) is 6.50. The molecule has 0 aliphatic heterocycles. The number of hydrogen-bond donors (Lipinski definition) is 0. The van der Waals surface area contributed by atoms with Gasteiger partial charge in [-0.1, -0.05) is 24.3 Å². The van der Waals surface area contributed by atoms with Crippen molar-refractivity contribution >= 4 is 11.8 Å². The summed E-state index contributed by atoms with van der Waals surface area (Å²) in [6.07, 6.45) is -5.01. The van der Waals surface area contributed by atoms with Crippen LogP contribution >= 0.6 is 0 Å². The van der Waals surface area contributed by atoms with E-state index in [4.69, 9.17) is 0 Å². The highest BCUT2D eigenvalue weighted by Gasteiger charge is 2.33. The minimum Gasteiger partial charge on any atom is -0.463 e. The van der Waals surface area contributed by atoms with Gasteiger partial charge in [0, 0.05) is 5.56 Å². The normalized spacial score (nSPS) is 11.0. The van der Waals surface area contributed by atoms with Gasteiger partial charge in [0.15, 0.2) is 0 Å². The summed E-state index contributed by atoms with van der Waals surface area (Å²) in [6.45, 7) is 0. The van der Waals surface area contributed by atoms with Crippen molar-refractivity contribution in [3.8, 4) is 16.9 Å². The predicted molar refractivity (Wildman–Crippen MR) is 74.9 cm³/mol. The number of alkyl halides is 3. The van der Waals surface area contributed by atoms with Gasteiger partial charge in [0.05, 0.1) is 12.7 Å². The van der Waals surface area contributed by atoms with Crippen LogP contribution in [0.5, 0.6) is 5.75 Å². The van der Waals surface area contributed by atoms with Crippen LogP contribution in [-0.2, 0) is 9.53 Å². The molecular formula is C16H10F4O4. The summed E-state index contributed by atoms with van der Waals surface area (Å²) in [7, 11) is 1.01. The fourth-order valence-electron chi connectivity index (χ4n) is 2.02. The van der Waals surface area contributed by atoms with E-state index >= 15 is 0 Å². The molecule has 0 saturated heterocycles. The van der Waals surface area contributed by atoms with Gasteiger partial charge in [-0.3, -0.25) is 4.79 Å². The van der Waals surface area contributed by atoms with Gasteiger partial charge in [-0.05, 0) is 23.8 Å². The summed E-state index contributed by atoms with van der Waals surface area (Å²) in [5.74, 6) is -3.88. The maximum atomic E-state index is 14.0. The molecule has 0 aliphatic carbocycles. The third-order valence-electron chi connectivity index (χ3n) is 2.99. The van der Waals surface area contributed by atoms with Crippen LogP contribution < -0.4 is 4.74 Å². The van der Waals surface area contributed by atoms with Gasteiger partial charge in [0.2, 0.25) is 0 Å². The van der Waals surface area contributed by atoms with Crippen LogP contribution in [0.3, 0.4) is 0 Å². The maximum absolute atomic E-state index is 14.0. The Morgan fingerprint density at radius 2 is 1.71 bits per heavy atom. The summed E-state index contributed by atoms with van der Waals surface area (Å²) in [4.78, 5) is 23.0. The molecule has 2 rings (SSSR count). The Balaban J connectivity index is 2.53. The molecule has 0 radical (unpaired) electrons. The Bertz CT molecular complexity index is 784. The SMILES string of the molecule is COC(=O)C(=O)c1cccc(-c2c(F)cccc2OC(F)(F)F)c1. The zero-order chi connectivity index (χ0) is 17.9. The number of carbonyl (C=O) groups excluding carboxylic acids is 2. The Morgan fingerprint density at radius 3 is 2.33 bits per heavy atom. The highest BCUT2D eigenvalue weighted by Crippen LogP contribution is 2.36. The number of esters is 1. The van der Waals surface area contributed by atoms with E-state index in [0.717, 1.165) is 31.4 Å². The van der Waals surface area contributed by atoms with Gasteiger partial charge >= 0.3 is 12.3 Å². The van der Waals surface area contributed by atoms with Crippen molar-refractivity contribution in [2.75, 3.05) is 7.11 Å². The molecule has 2 aromatic carbocycles. The van der Waals surface area contributed by atoms with Crippen molar-refractivity contribution in [3.63, 3.8) is 0 Å². The molecule has 0 heterocycles. The first-order valence-corrected chi connectivity index (χ1v) is 6.50. The molecule has 24 heavy (non-hydrogen) atoms. The summed E-state index contributed by atoms with van der Waals surface area (Å²) in [5, 5.41) is 0. The van der Waals surface area contributed by atoms with E-state index < -0.39 is 35.2 Å². The second-order valence-corrected chi connectivity index (χ2v) is 4.56. The highest BCUT2D eigenvalue weighted by atomic mass is 19.4. The predicted octanol–water partition coefficient (Wildman–Crippen LogP) is 3.75.